The molecule has 2 aliphatic heterocycles. The molecule has 0 saturated carbocycles. The number of methoxy groups -OCH3 is 1. The van der Waals surface area contributed by atoms with E-state index >= 15 is 4.39 Å². The molecule has 1 fully saturated rings. The van der Waals surface area contributed by atoms with Gasteiger partial charge in [-0.05, 0) is 18.2 Å². The maximum absolute atomic E-state index is 15.5. The quantitative estimate of drug-likeness (QED) is 0.327. The third-order valence-corrected chi connectivity index (χ3v) is 7.56. The number of nitrogens with zero attached hydrogens (tertiary/aromatic N) is 5. The average Bonchev–Trinajstić information content (AvgIpc) is 3.60. The molecular weight excluding hydrogens is 528 g/mol. The zero-order valence-corrected chi connectivity index (χ0v) is 20.8. The number of carbonyl (C=O) groups excluding carboxylic acids is 1. The summed E-state index contributed by atoms with van der Waals surface area (Å²) >= 11 is 7.70. The molecule has 0 spiro atoms. The Balaban J connectivity index is 1.54. The number of alkyl halides is 1. The highest BCUT2D eigenvalue weighted by Crippen LogP contribution is 2.45. The number of morpholine rings is 1. The highest BCUT2D eigenvalue weighted by atomic mass is 35.5. The number of thiazole rings is 1. The number of fused-ring (bicyclic) bond motifs is 4. The molecule has 2 bridgehead atoms. The third-order valence-electron chi connectivity index (χ3n) is 6.48. The van der Waals surface area contributed by atoms with Crippen molar-refractivity contribution in [1.29, 1.82) is 0 Å². The predicted octanol–water partition coefficient (Wildman–Crippen LogP) is 4.80. The number of benzene rings is 1. The van der Waals surface area contributed by atoms with E-state index in [9.17, 15) is 9.18 Å². The van der Waals surface area contributed by atoms with E-state index in [1.54, 1.807) is 11.6 Å². The number of hydrogen-bond donors (Lipinski definition) is 0. The van der Waals surface area contributed by atoms with E-state index in [0.717, 1.165) is 6.07 Å². The maximum atomic E-state index is 15.5. The van der Waals surface area contributed by atoms with Crippen LogP contribution in [0.25, 0.3) is 22.1 Å². The van der Waals surface area contributed by atoms with Crippen LogP contribution in [0.15, 0.2) is 40.5 Å². The fraction of sp³-hybridized carbons (Fsp3) is 0.292. The molecule has 0 amide bonds. The number of halogens is 3. The Kier molecular flexibility index (Phi) is 6.19. The molecule has 1 saturated heterocycles. The van der Waals surface area contributed by atoms with Crippen molar-refractivity contribution in [2.75, 3.05) is 20.3 Å². The zero-order chi connectivity index (χ0) is 25.7. The van der Waals surface area contributed by atoms with E-state index in [0.29, 0.717) is 16.1 Å². The lowest BCUT2D eigenvalue weighted by Crippen LogP contribution is -2.52. The molecule has 9 nitrogen and oxygen atoms in total. The van der Waals surface area contributed by atoms with Crippen molar-refractivity contribution in [2.45, 2.75) is 24.8 Å². The van der Waals surface area contributed by atoms with Crippen molar-refractivity contribution < 1.29 is 27.6 Å². The van der Waals surface area contributed by atoms with Crippen LogP contribution in [0.5, 0.6) is 0 Å². The minimum atomic E-state index is -1.48. The van der Waals surface area contributed by atoms with E-state index in [2.05, 4.69) is 20.1 Å². The van der Waals surface area contributed by atoms with Gasteiger partial charge in [-0.3, -0.25) is 4.90 Å². The van der Waals surface area contributed by atoms with Gasteiger partial charge in [-0.15, -0.1) is 11.3 Å². The van der Waals surface area contributed by atoms with Gasteiger partial charge < -0.3 is 14.0 Å². The Bertz CT molecular complexity index is 1480. The summed E-state index contributed by atoms with van der Waals surface area (Å²) < 4.78 is 45.3. The van der Waals surface area contributed by atoms with Crippen molar-refractivity contribution in [2.24, 2.45) is 0 Å². The smallest absolute Gasteiger partial charge is 0.342 e. The van der Waals surface area contributed by atoms with Crippen LogP contribution in [0.3, 0.4) is 0 Å². The number of esters is 1. The maximum Gasteiger partial charge on any atom is 0.342 e. The summed E-state index contributed by atoms with van der Waals surface area (Å²) in [5, 5.41) is 6.11. The Hall–Kier alpha value is -3.32. The van der Waals surface area contributed by atoms with Gasteiger partial charge in [-0.2, -0.15) is 0 Å². The normalized spacial score (nSPS) is 21.0. The largest absolute Gasteiger partial charge is 0.465 e. The second-order valence-corrected chi connectivity index (χ2v) is 9.81. The van der Waals surface area contributed by atoms with Crippen LogP contribution in [0.2, 0.25) is 5.02 Å². The van der Waals surface area contributed by atoms with Gasteiger partial charge in [0.25, 0.3) is 0 Å². The van der Waals surface area contributed by atoms with Gasteiger partial charge in [-0.1, -0.05) is 16.8 Å². The standard InChI is InChI=1S/C24H18ClF2N5O4S/c1-34-24(33)18-15(8-32-16-9-35-10-17(32)19(27)21-13(16)7-29-36-21)30-22(23-28-4-5-37-23)31-20(18)12-3-2-11(26)6-14(12)25/h2-7,16-17,19H,8-10H2,1H3. The fourth-order valence-electron chi connectivity index (χ4n) is 4.78. The lowest BCUT2D eigenvalue weighted by molar-refractivity contribution is -0.0978. The van der Waals surface area contributed by atoms with E-state index < -0.39 is 24.0 Å². The Morgan fingerprint density at radius 2 is 2.19 bits per heavy atom. The van der Waals surface area contributed by atoms with Gasteiger partial charge in [-0.25, -0.2) is 28.5 Å². The van der Waals surface area contributed by atoms with Crippen LogP contribution in [0.4, 0.5) is 8.78 Å². The third kappa shape index (κ3) is 4.09. The van der Waals surface area contributed by atoms with E-state index in [-0.39, 0.29) is 59.4 Å². The van der Waals surface area contributed by atoms with Crippen LogP contribution >= 0.6 is 22.9 Å². The van der Waals surface area contributed by atoms with Gasteiger partial charge in [0.05, 0.1) is 55.0 Å². The average molecular weight is 546 g/mol. The van der Waals surface area contributed by atoms with Gasteiger partial charge in [0, 0.05) is 29.2 Å². The molecule has 6 rings (SSSR count). The molecule has 37 heavy (non-hydrogen) atoms. The Morgan fingerprint density at radius 1 is 1.32 bits per heavy atom. The molecular formula is C24H18ClF2N5O4S. The molecule has 13 heteroatoms. The SMILES string of the molecule is COC(=O)c1c(CN2C3COCC2C(F)c2oncc23)nc(-c2nccs2)nc1-c1ccc(F)cc1Cl. The molecule has 3 atom stereocenters. The molecule has 1 aromatic carbocycles. The van der Waals surface area contributed by atoms with Crippen molar-refractivity contribution in [3.63, 3.8) is 0 Å². The summed E-state index contributed by atoms with van der Waals surface area (Å²) in [5.74, 6) is -0.818. The molecule has 3 unspecified atom stereocenters. The van der Waals surface area contributed by atoms with Crippen molar-refractivity contribution in [1.82, 2.24) is 25.0 Å². The highest BCUT2D eigenvalue weighted by molar-refractivity contribution is 7.13. The van der Waals surface area contributed by atoms with Gasteiger partial charge in [0.15, 0.2) is 22.8 Å². The van der Waals surface area contributed by atoms with Crippen LogP contribution in [-0.2, 0) is 16.0 Å². The summed E-state index contributed by atoms with van der Waals surface area (Å²) in [5.41, 5.74) is 1.39. The Morgan fingerprint density at radius 3 is 2.95 bits per heavy atom. The fourth-order valence-corrected chi connectivity index (χ4v) is 5.61. The minimum absolute atomic E-state index is 0.0434. The topological polar surface area (TPSA) is 103 Å². The molecule has 5 heterocycles. The van der Waals surface area contributed by atoms with Gasteiger partial charge in [0.1, 0.15) is 11.4 Å². The summed E-state index contributed by atoms with van der Waals surface area (Å²) in [6.45, 7) is 0.458. The lowest BCUT2D eigenvalue weighted by Gasteiger charge is -2.45. The lowest BCUT2D eigenvalue weighted by atomic mass is 9.91. The number of ether oxygens (including phenoxy) is 2. The van der Waals surface area contributed by atoms with Crippen molar-refractivity contribution >= 4 is 28.9 Å². The summed E-state index contributed by atoms with van der Waals surface area (Å²) in [4.78, 5) is 28.6. The van der Waals surface area contributed by atoms with E-state index in [1.807, 2.05) is 4.90 Å². The highest BCUT2D eigenvalue weighted by Gasteiger charge is 2.47. The molecule has 3 aromatic heterocycles. The van der Waals surface area contributed by atoms with Gasteiger partial charge in [0.2, 0.25) is 0 Å². The first-order valence-electron chi connectivity index (χ1n) is 11.2. The van der Waals surface area contributed by atoms with Crippen molar-refractivity contribution in [3.05, 3.63) is 69.4 Å². The molecule has 2 aliphatic rings. The summed E-state index contributed by atoms with van der Waals surface area (Å²) in [7, 11) is 1.24. The number of rotatable bonds is 5. The van der Waals surface area contributed by atoms with Crippen LogP contribution < -0.4 is 0 Å². The van der Waals surface area contributed by atoms with Crippen LogP contribution in [0.1, 0.15) is 39.6 Å². The second-order valence-electron chi connectivity index (χ2n) is 8.51. The minimum Gasteiger partial charge on any atom is -0.465 e. The first kappa shape index (κ1) is 24.0. The van der Waals surface area contributed by atoms with Crippen LogP contribution in [-0.4, -0.2) is 57.3 Å². The zero-order valence-electron chi connectivity index (χ0n) is 19.2. The van der Waals surface area contributed by atoms with Crippen molar-refractivity contribution in [3.8, 4) is 22.1 Å². The Labute approximate surface area is 218 Å². The second kappa shape index (κ2) is 9.53. The van der Waals surface area contributed by atoms with E-state index in [1.165, 1.54) is 36.8 Å². The molecule has 0 N–H and O–H groups in total. The van der Waals surface area contributed by atoms with Crippen LogP contribution in [0, 0.1) is 5.82 Å². The predicted molar refractivity (Wildman–Crippen MR) is 128 cm³/mol. The van der Waals surface area contributed by atoms with Gasteiger partial charge >= 0.3 is 5.97 Å². The first-order valence-corrected chi connectivity index (χ1v) is 12.5. The molecule has 190 valence electrons. The summed E-state index contributed by atoms with van der Waals surface area (Å²) in [6.07, 6.45) is 1.60. The molecule has 0 radical (unpaired) electrons. The molecule has 4 aromatic rings. The summed E-state index contributed by atoms with van der Waals surface area (Å²) in [6, 6.07) is 2.73. The monoisotopic (exact) mass is 545 g/mol. The first-order chi connectivity index (χ1) is 18.0. The number of hydrogen-bond acceptors (Lipinski definition) is 10. The molecule has 0 aliphatic carbocycles. The number of aromatic nitrogens is 4. The van der Waals surface area contributed by atoms with E-state index in [4.69, 9.17) is 25.6 Å². The number of carbonyl (C=O) groups is 1.